The summed E-state index contributed by atoms with van der Waals surface area (Å²) in [5, 5.41) is 7.05. The van der Waals surface area contributed by atoms with Gasteiger partial charge in [0.1, 0.15) is 0 Å². The van der Waals surface area contributed by atoms with Crippen molar-refractivity contribution in [2.45, 2.75) is 71.0 Å². The first-order valence-electron chi connectivity index (χ1n) is 7.35. The van der Waals surface area contributed by atoms with E-state index in [4.69, 9.17) is 0 Å². The molecule has 0 spiro atoms. The van der Waals surface area contributed by atoms with Crippen LogP contribution in [0, 0.1) is 0 Å². The number of nitrogens with one attached hydrogen (secondary N) is 3. The zero-order valence-electron chi connectivity index (χ0n) is 13.1. The van der Waals surface area contributed by atoms with Gasteiger partial charge in [0, 0.05) is 28.9 Å². The van der Waals surface area contributed by atoms with Gasteiger partial charge in [0.25, 0.3) is 5.56 Å². The standard InChI is InChI=1S/C15H26N4O/c1-6-10-7-12(20)18-13(16-10)17-11-8-14(2,3)19-15(4,5)9-11/h7,11,19H,6,8-9H2,1-5H3,(H2,16,17,18,20). The van der Waals surface area contributed by atoms with Crippen molar-refractivity contribution in [2.75, 3.05) is 5.32 Å². The summed E-state index contributed by atoms with van der Waals surface area (Å²) in [6.07, 6.45) is 2.76. The van der Waals surface area contributed by atoms with Gasteiger partial charge in [0.15, 0.2) is 0 Å². The van der Waals surface area contributed by atoms with E-state index in [0.29, 0.717) is 12.0 Å². The van der Waals surface area contributed by atoms with Crippen molar-refractivity contribution >= 4 is 5.95 Å². The highest BCUT2D eigenvalue weighted by Crippen LogP contribution is 2.29. The maximum absolute atomic E-state index is 11.6. The maximum atomic E-state index is 11.6. The molecule has 5 nitrogen and oxygen atoms in total. The average molecular weight is 278 g/mol. The monoisotopic (exact) mass is 278 g/mol. The molecule has 2 rings (SSSR count). The number of nitrogens with zero attached hydrogens (tertiary/aromatic N) is 1. The molecule has 0 bridgehead atoms. The van der Waals surface area contributed by atoms with Crippen LogP contribution in [-0.4, -0.2) is 27.1 Å². The van der Waals surface area contributed by atoms with Gasteiger partial charge >= 0.3 is 0 Å². The Morgan fingerprint density at radius 1 is 1.30 bits per heavy atom. The summed E-state index contributed by atoms with van der Waals surface area (Å²) in [4.78, 5) is 18.9. The van der Waals surface area contributed by atoms with Gasteiger partial charge < -0.3 is 10.6 Å². The number of aromatic amines is 1. The zero-order valence-corrected chi connectivity index (χ0v) is 13.1. The topological polar surface area (TPSA) is 69.8 Å². The highest BCUT2D eigenvalue weighted by molar-refractivity contribution is 5.28. The molecule has 1 aromatic rings. The summed E-state index contributed by atoms with van der Waals surface area (Å²) in [6.45, 7) is 10.8. The van der Waals surface area contributed by atoms with Gasteiger partial charge in [-0.1, -0.05) is 6.92 Å². The van der Waals surface area contributed by atoms with Crippen molar-refractivity contribution in [3.05, 3.63) is 22.1 Å². The second kappa shape index (κ2) is 5.20. The van der Waals surface area contributed by atoms with E-state index >= 15 is 0 Å². The van der Waals surface area contributed by atoms with Crippen LogP contribution in [0.4, 0.5) is 5.95 Å². The van der Waals surface area contributed by atoms with Crippen molar-refractivity contribution in [3.8, 4) is 0 Å². The fourth-order valence-corrected chi connectivity index (χ4v) is 3.38. The largest absolute Gasteiger partial charge is 0.353 e. The van der Waals surface area contributed by atoms with Crippen LogP contribution in [0.2, 0.25) is 0 Å². The SMILES string of the molecule is CCc1cc(=O)[nH]c(NC2CC(C)(C)NC(C)(C)C2)n1. The van der Waals surface area contributed by atoms with E-state index < -0.39 is 0 Å². The average Bonchev–Trinajstić information content (AvgIpc) is 2.23. The van der Waals surface area contributed by atoms with E-state index in [-0.39, 0.29) is 16.6 Å². The van der Waals surface area contributed by atoms with E-state index in [1.165, 1.54) is 0 Å². The second-order valence-corrected chi connectivity index (χ2v) is 7.08. The van der Waals surface area contributed by atoms with Crippen molar-refractivity contribution < 1.29 is 0 Å². The van der Waals surface area contributed by atoms with Crippen LogP contribution in [0.25, 0.3) is 0 Å². The molecule has 5 heteroatoms. The summed E-state index contributed by atoms with van der Waals surface area (Å²) >= 11 is 0. The molecule has 1 aliphatic heterocycles. The minimum Gasteiger partial charge on any atom is -0.353 e. The van der Waals surface area contributed by atoms with E-state index in [1.807, 2.05) is 6.92 Å². The Labute approximate surface area is 120 Å². The zero-order chi connectivity index (χ0) is 15.0. The number of aryl methyl sites for hydroxylation is 1. The van der Waals surface area contributed by atoms with Crippen molar-refractivity contribution in [2.24, 2.45) is 0 Å². The molecule has 0 unspecified atom stereocenters. The van der Waals surface area contributed by atoms with Crippen LogP contribution < -0.4 is 16.2 Å². The van der Waals surface area contributed by atoms with E-state index in [9.17, 15) is 4.79 Å². The van der Waals surface area contributed by atoms with E-state index in [0.717, 1.165) is 25.0 Å². The normalized spacial score (nSPS) is 21.6. The Kier molecular flexibility index (Phi) is 3.91. The molecule has 0 saturated carbocycles. The Hall–Kier alpha value is -1.36. The van der Waals surface area contributed by atoms with Crippen LogP contribution in [0.3, 0.4) is 0 Å². The first-order valence-corrected chi connectivity index (χ1v) is 7.35. The molecule has 20 heavy (non-hydrogen) atoms. The molecule has 0 aliphatic carbocycles. The summed E-state index contributed by atoms with van der Waals surface area (Å²) in [5.74, 6) is 0.591. The number of rotatable bonds is 3. The molecule has 3 N–H and O–H groups in total. The van der Waals surface area contributed by atoms with Crippen molar-refractivity contribution in [1.82, 2.24) is 15.3 Å². The predicted molar refractivity (Wildman–Crippen MR) is 82.2 cm³/mol. The van der Waals surface area contributed by atoms with Gasteiger partial charge in [-0.3, -0.25) is 9.78 Å². The molecule has 0 amide bonds. The van der Waals surface area contributed by atoms with Gasteiger partial charge in [0.05, 0.1) is 0 Å². The minimum atomic E-state index is -0.0909. The third kappa shape index (κ3) is 3.82. The van der Waals surface area contributed by atoms with Gasteiger partial charge in [-0.2, -0.15) is 0 Å². The number of hydrogen-bond acceptors (Lipinski definition) is 4. The number of aromatic nitrogens is 2. The molecule has 2 heterocycles. The molecule has 0 radical (unpaired) electrons. The van der Waals surface area contributed by atoms with Gasteiger partial charge in [-0.25, -0.2) is 4.98 Å². The molecule has 1 saturated heterocycles. The molecule has 0 atom stereocenters. The lowest BCUT2D eigenvalue weighted by Crippen LogP contribution is -2.60. The van der Waals surface area contributed by atoms with Gasteiger partial charge in [0.2, 0.25) is 5.95 Å². The lowest BCUT2D eigenvalue weighted by molar-refractivity contribution is 0.170. The number of hydrogen-bond donors (Lipinski definition) is 3. The van der Waals surface area contributed by atoms with Crippen molar-refractivity contribution in [3.63, 3.8) is 0 Å². The summed E-state index contributed by atoms with van der Waals surface area (Å²) in [6, 6.07) is 1.86. The smallest absolute Gasteiger partial charge is 0.252 e. The number of piperidine rings is 1. The lowest BCUT2D eigenvalue weighted by Gasteiger charge is -2.46. The second-order valence-electron chi connectivity index (χ2n) is 7.08. The van der Waals surface area contributed by atoms with E-state index in [1.54, 1.807) is 6.07 Å². The fraction of sp³-hybridized carbons (Fsp3) is 0.733. The Balaban J connectivity index is 2.17. The minimum absolute atomic E-state index is 0.0715. The Bertz CT molecular complexity index is 517. The molecular weight excluding hydrogens is 252 g/mol. The number of anilines is 1. The van der Waals surface area contributed by atoms with E-state index in [2.05, 4.69) is 48.3 Å². The highest BCUT2D eigenvalue weighted by Gasteiger charge is 2.37. The Morgan fingerprint density at radius 3 is 2.45 bits per heavy atom. The first-order chi connectivity index (χ1) is 9.19. The predicted octanol–water partition coefficient (Wildman–Crippen LogP) is 2.05. The Morgan fingerprint density at radius 2 is 1.90 bits per heavy atom. The summed E-state index contributed by atoms with van der Waals surface area (Å²) < 4.78 is 0. The summed E-state index contributed by atoms with van der Waals surface area (Å²) in [5.41, 5.74) is 0.875. The fourth-order valence-electron chi connectivity index (χ4n) is 3.38. The van der Waals surface area contributed by atoms with Gasteiger partial charge in [-0.05, 0) is 47.0 Å². The molecular formula is C15H26N4O. The number of H-pyrrole nitrogens is 1. The third-order valence-electron chi connectivity index (χ3n) is 3.69. The van der Waals surface area contributed by atoms with Gasteiger partial charge in [-0.15, -0.1) is 0 Å². The maximum Gasteiger partial charge on any atom is 0.252 e. The van der Waals surface area contributed by atoms with Crippen LogP contribution in [-0.2, 0) is 6.42 Å². The molecule has 112 valence electrons. The van der Waals surface area contributed by atoms with Crippen LogP contribution in [0.1, 0.15) is 53.2 Å². The lowest BCUT2D eigenvalue weighted by atomic mass is 9.80. The highest BCUT2D eigenvalue weighted by atomic mass is 16.1. The van der Waals surface area contributed by atoms with Crippen LogP contribution >= 0.6 is 0 Å². The quantitative estimate of drug-likeness (QED) is 0.791. The third-order valence-corrected chi connectivity index (χ3v) is 3.69. The van der Waals surface area contributed by atoms with Crippen LogP contribution in [0.15, 0.2) is 10.9 Å². The molecule has 1 aromatic heterocycles. The molecule has 1 aliphatic rings. The first kappa shape index (κ1) is 15.0. The molecule has 0 aromatic carbocycles. The summed E-state index contributed by atoms with van der Waals surface area (Å²) in [7, 11) is 0. The van der Waals surface area contributed by atoms with Crippen LogP contribution in [0.5, 0.6) is 0 Å². The van der Waals surface area contributed by atoms with Crippen molar-refractivity contribution in [1.29, 1.82) is 0 Å². The molecule has 1 fully saturated rings.